The summed E-state index contributed by atoms with van der Waals surface area (Å²) in [7, 11) is 0. The van der Waals surface area contributed by atoms with Crippen molar-refractivity contribution in [2.75, 3.05) is 11.5 Å². The summed E-state index contributed by atoms with van der Waals surface area (Å²) in [5.74, 6) is 1.54. The fraction of sp³-hybridized carbons (Fsp3) is 0.385. The van der Waals surface area contributed by atoms with E-state index in [1.807, 2.05) is 17.8 Å². The first-order valence-electron chi connectivity index (χ1n) is 6.24. The van der Waals surface area contributed by atoms with Crippen LogP contribution in [-0.2, 0) is 0 Å². The maximum Gasteiger partial charge on any atom is 0.281 e. The highest BCUT2D eigenvalue weighted by atomic mass is 32.2. The van der Waals surface area contributed by atoms with Crippen LogP contribution in [0, 0.1) is 11.3 Å². The number of nitriles is 1. The van der Waals surface area contributed by atoms with Gasteiger partial charge in [0.05, 0.1) is 17.0 Å². The fourth-order valence-corrected chi connectivity index (χ4v) is 4.15. The topological polar surface area (TPSA) is 78.7 Å². The van der Waals surface area contributed by atoms with Crippen LogP contribution >= 0.6 is 23.1 Å². The summed E-state index contributed by atoms with van der Waals surface area (Å²) < 4.78 is 0.926. The maximum atomic E-state index is 12.3. The number of thioether (sulfide) groups is 1. The molecule has 0 aliphatic carbocycles. The van der Waals surface area contributed by atoms with Crippen LogP contribution in [0.3, 0.4) is 0 Å². The van der Waals surface area contributed by atoms with Crippen molar-refractivity contribution < 1.29 is 4.79 Å². The van der Waals surface area contributed by atoms with Gasteiger partial charge in [0.25, 0.3) is 5.91 Å². The second-order valence-corrected chi connectivity index (χ2v) is 6.88. The Morgan fingerprint density at radius 3 is 2.95 bits per heavy atom. The molecule has 0 saturated carbocycles. The highest BCUT2D eigenvalue weighted by Crippen LogP contribution is 2.28. The highest BCUT2D eigenvalue weighted by molar-refractivity contribution is 7.99. The van der Waals surface area contributed by atoms with Crippen LogP contribution in [-0.4, -0.2) is 32.9 Å². The number of carbonyl (C=O) groups is 1. The minimum atomic E-state index is -0.738. The molecule has 5 nitrogen and oxygen atoms in total. The largest absolute Gasteiger partial charge is 0.332 e. The van der Waals surface area contributed by atoms with E-state index in [1.165, 1.54) is 11.3 Å². The van der Waals surface area contributed by atoms with Crippen molar-refractivity contribution in [1.82, 2.24) is 15.3 Å². The van der Waals surface area contributed by atoms with Gasteiger partial charge in [-0.05, 0) is 30.4 Å². The van der Waals surface area contributed by atoms with Gasteiger partial charge in [0, 0.05) is 6.20 Å². The van der Waals surface area contributed by atoms with E-state index in [0.29, 0.717) is 23.4 Å². The number of hydrogen-bond donors (Lipinski definition) is 1. The Morgan fingerprint density at radius 2 is 2.25 bits per heavy atom. The molecule has 102 valence electrons. The minimum Gasteiger partial charge on any atom is -0.332 e. The van der Waals surface area contributed by atoms with Crippen LogP contribution in [0.2, 0.25) is 0 Å². The molecule has 7 heteroatoms. The molecule has 1 saturated heterocycles. The lowest BCUT2D eigenvalue weighted by molar-refractivity contribution is 0.0915. The number of rotatable bonds is 2. The van der Waals surface area contributed by atoms with E-state index < -0.39 is 5.54 Å². The third-order valence-corrected chi connectivity index (χ3v) is 5.32. The molecule has 2 aromatic rings. The lowest BCUT2D eigenvalue weighted by Crippen LogP contribution is -2.49. The van der Waals surface area contributed by atoms with Gasteiger partial charge in [0.1, 0.15) is 11.1 Å². The van der Waals surface area contributed by atoms with E-state index in [2.05, 4.69) is 21.4 Å². The Hall–Kier alpha value is -1.65. The predicted octanol–water partition coefficient (Wildman–Crippen LogP) is 2.21. The summed E-state index contributed by atoms with van der Waals surface area (Å²) in [6.45, 7) is 0. The van der Waals surface area contributed by atoms with Crippen LogP contribution in [0.1, 0.15) is 22.6 Å². The van der Waals surface area contributed by atoms with Crippen LogP contribution in [0.25, 0.3) is 10.2 Å². The minimum absolute atomic E-state index is 0.264. The molecule has 0 bridgehead atoms. The zero-order valence-electron chi connectivity index (χ0n) is 10.6. The lowest BCUT2D eigenvalue weighted by atomic mass is 9.94. The van der Waals surface area contributed by atoms with E-state index in [1.54, 1.807) is 12.4 Å². The van der Waals surface area contributed by atoms with Gasteiger partial charge in [0.2, 0.25) is 0 Å². The van der Waals surface area contributed by atoms with Crippen molar-refractivity contribution >= 4 is 39.2 Å². The molecule has 1 N–H and O–H groups in total. The van der Waals surface area contributed by atoms with Crippen molar-refractivity contribution in [3.8, 4) is 6.07 Å². The standard InChI is InChI=1S/C13H12N4OS2/c14-8-13(2-5-19-6-3-13)17-11(18)12-16-9-7-15-4-1-10(9)20-12/h1,4,7H,2-3,5-6H2,(H,17,18). The SMILES string of the molecule is N#CC1(NC(=O)c2nc3cnccc3s2)CCSCC1. The summed E-state index contributed by atoms with van der Waals surface area (Å²) in [6, 6.07) is 4.11. The van der Waals surface area contributed by atoms with Crippen LogP contribution in [0.5, 0.6) is 0 Å². The Morgan fingerprint density at radius 1 is 1.45 bits per heavy atom. The molecule has 1 aliphatic heterocycles. The first-order chi connectivity index (χ1) is 9.72. The van der Waals surface area contributed by atoms with Gasteiger partial charge in [-0.25, -0.2) is 4.98 Å². The van der Waals surface area contributed by atoms with Gasteiger partial charge >= 0.3 is 0 Å². The average molecular weight is 304 g/mol. The zero-order chi connectivity index (χ0) is 14.0. The second-order valence-electron chi connectivity index (χ2n) is 4.62. The second kappa shape index (κ2) is 5.38. The lowest BCUT2D eigenvalue weighted by Gasteiger charge is -2.30. The molecule has 3 rings (SSSR count). The summed E-state index contributed by atoms with van der Waals surface area (Å²) in [5.41, 5.74) is -0.0221. The predicted molar refractivity (Wildman–Crippen MR) is 79.8 cm³/mol. The Kier molecular flexibility index (Phi) is 3.59. The highest BCUT2D eigenvalue weighted by Gasteiger charge is 2.34. The van der Waals surface area contributed by atoms with Crippen LogP contribution in [0.15, 0.2) is 18.5 Å². The number of pyridine rings is 1. The first kappa shape index (κ1) is 13.3. The van der Waals surface area contributed by atoms with Crippen LogP contribution < -0.4 is 5.32 Å². The molecule has 20 heavy (non-hydrogen) atoms. The molecule has 2 aromatic heterocycles. The van der Waals surface area contributed by atoms with Gasteiger partial charge in [-0.2, -0.15) is 17.0 Å². The van der Waals surface area contributed by atoms with E-state index in [0.717, 1.165) is 16.2 Å². The van der Waals surface area contributed by atoms with Gasteiger partial charge in [0.15, 0.2) is 5.01 Å². The molecule has 1 amide bonds. The third-order valence-electron chi connectivity index (χ3n) is 3.30. The van der Waals surface area contributed by atoms with Crippen molar-refractivity contribution in [3.05, 3.63) is 23.5 Å². The number of thiazole rings is 1. The Balaban J connectivity index is 1.83. The number of aromatic nitrogens is 2. The molecule has 0 unspecified atom stereocenters. The summed E-state index contributed by atoms with van der Waals surface area (Å²) in [5, 5.41) is 12.6. The molecule has 0 atom stereocenters. The van der Waals surface area contributed by atoms with Gasteiger partial charge in [-0.1, -0.05) is 0 Å². The van der Waals surface area contributed by atoms with E-state index in [9.17, 15) is 10.1 Å². The van der Waals surface area contributed by atoms with E-state index in [4.69, 9.17) is 0 Å². The monoisotopic (exact) mass is 304 g/mol. The average Bonchev–Trinajstić information content (AvgIpc) is 2.92. The zero-order valence-corrected chi connectivity index (χ0v) is 12.3. The quantitative estimate of drug-likeness (QED) is 0.920. The third kappa shape index (κ3) is 2.49. The summed E-state index contributed by atoms with van der Waals surface area (Å²) in [4.78, 5) is 20.6. The van der Waals surface area contributed by atoms with Crippen molar-refractivity contribution in [2.45, 2.75) is 18.4 Å². The van der Waals surface area contributed by atoms with Crippen LogP contribution in [0.4, 0.5) is 0 Å². The van der Waals surface area contributed by atoms with Crippen molar-refractivity contribution in [3.63, 3.8) is 0 Å². The normalized spacial score (nSPS) is 17.6. The maximum absolute atomic E-state index is 12.3. The Labute approximate surface area is 124 Å². The number of amides is 1. The molecular weight excluding hydrogens is 292 g/mol. The first-order valence-corrected chi connectivity index (χ1v) is 8.22. The number of nitrogens with one attached hydrogen (secondary N) is 1. The van der Waals surface area contributed by atoms with Gasteiger partial charge < -0.3 is 5.32 Å². The molecule has 1 fully saturated rings. The molecule has 1 aliphatic rings. The van der Waals surface area contributed by atoms with Gasteiger partial charge in [-0.15, -0.1) is 11.3 Å². The molecular formula is C13H12N4OS2. The summed E-state index contributed by atoms with van der Waals surface area (Å²) in [6.07, 6.45) is 4.69. The molecule has 0 aromatic carbocycles. The number of hydrogen-bond acceptors (Lipinski definition) is 6. The molecule has 0 spiro atoms. The van der Waals surface area contributed by atoms with E-state index >= 15 is 0 Å². The van der Waals surface area contributed by atoms with E-state index in [-0.39, 0.29) is 5.91 Å². The smallest absolute Gasteiger partial charge is 0.281 e. The van der Waals surface area contributed by atoms with Crippen molar-refractivity contribution in [2.24, 2.45) is 0 Å². The Bertz CT molecular complexity index is 652. The molecule has 0 radical (unpaired) electrons. The fourth-order valence-electron chi connectivity index (χ4n) is 2.13. The number of carbonyl (C=O) groups excluding carboxylic acids is 1. The number of fused-ring (bicyclic) bond motifs is 1. The van der Waals surface area contributed by atoms with Gasteiger partial charge in [-0.3, -0.25) is 9.78 Å². The number of nitrogens with zero attached hydrogens (tertiary/aromatic N) is 3. The summed E-state index contributed by atoms with van der Waals surface area (Å²) >= 11 is 3.14. The van der Waals surface area contributed by atoms with Crippen molar-refractivity contribution in [1.29, 1.82) is 5.26 Å². The molecule has 3 heterocycles.